The Morgan fingerprint density at radius 3 is 2.35 bits per heavy atom. The van der Waals surface area contributed by atoms with Crippen molar-refractivity contribution in [1.29, 1.82) is 0 Å². The lowest BCUT2D eigenvalue weighted by atomic mass is 9.98. The fraction of sp³-hybridized carbons (Fsp3) is 0.353. The van der Waals surface area contributed by atoms with E-state index in [1.54, 1.807) is 19.2 Å². The van der Waals surface area contributed by atoms with E-state index in [-0.39, 0.29) is 0 Å². The molecule has 1 heterocycles. The number of benzene rings is 1. The number of rotatable bonds is 4. The van der Waals surface area contributed by atoms with Gasteiger partial charge in [-0.25, -0.2) is 4.98 Å². The molecule has 0 aliphatic carbocycles. The quantitative estimate of drug-likeness (QED) is 0.898. The SMILES string of the molecule is Cc1cc(Oc2ccc(C(C)O)cn2)ccc1C(C)C. The van der Waals surface area contributed by atoms with E-state index in [0.29, 0.717) is 11.8 Å². The number of nitrogens with zero attached hydrogens (tertiary/aromatic N) is 1. The highest BCUT2D eigenvalue weighted by Gasteiger charge is 2.06. The number of hydrogen-bond acceptors (Lipinski definition) is 3. The Labute approximate surface area is 120 Å². The minimum atomic E-state index is -0.510. The van der Waals surface area contributed by atoms with Crippen molar-refractivity contribution < 1.29 is 9.84 Å². The number of aryl methyl sites for hydroxylation is 1. The average molecular weight is 271 g/mol. The van der Waals surface area contributed by atoms with Crippen molar-refractivity contribution in [3.63, 3.8) is 0 Å². The van der Waals surface area contributed by atoms with Gasteiger partial charge in [-0.1, -0.05) is 19.9 Å². The van der Waals surface area contributed by atoms with Crippen LogP contribution in [0.5, 0.6) is 11.6 Å². The second-order valence-corrected chi connectivity index (χ2v) is 5.38. The Hall–Kier alpha value is -1.87. The molecule has 1 atom stereocenters. The first-order chi connectivity index (χ1) is 9.47. The molecule has 0 saturated carbocycles. The predicted molar refractivity (Wildman–Crippen MR) is 80.2 cm³/mol. The molecule has 0 aliphatic heterocycles. The van der Waals surface area contributed by atoms with Crippen LogP contribution in [0.3, 0.4) is 0 Å². The monoisotopic (exact) mass is 271 g/mol. The van der Waals surface area contributed by atoms with Crippen LogP contribution in [-0.4, -0.2) is 10.1 Å². The smallest absolute Gasteiger partial charge is 0.219 e. The van der Waals surface area contributed by atoms with Crippen molar-refractivity contribution in [1.82, 2.24) is 4.98 Å². The van der Waals surface area contributed by atoms with Crippen molar-refractivity contribution in [3.8, 4) is 11.6 Å². The summed E-state index contributed by atoms with van der Waals surface area (Å²) in [5.41, 5.74) is 3.33. The first kappa shape index (κ1) is 14.5. The summed E-state index contributed by atoms with van der Waals surface area (Å²) < 4.78 is 5.74. The number of aromatic nitrogens is 1. The molecule has 1 N–H and O–H groups in total. The Morgan fingerprint density at radius 1 is 1.10 bits per heavy atom. The van der Waals surface area contributed by atoms with Gasteiger partial charge in [0, 0.05) is 12.3 Å². The van der Waals surface area contributed by atoms with Gasteiger partial charge >= 0.3 is 0 Å². The highest BCUT2D eigenvalue weighted by Crippen LogP contribution is 2.26. The maximum absolute atomic E-state index is 9.44. The molecule has 0 saturated heterocycles. The summed E-state index contributed by atoms with van der Waals surface area (Å²) in [6.45, 7) is 8.16. The lowest BCUT2D eigenvalue weighted by Crippen LogP contribution is -1.95. The molecule has 0 radical (unpaired) electrons. The minimum absolute atomic E-state index is 0.507. The fourth-order valence-corrected chi connectivity index (χ4v) is 2.18. The Kier molecular flexibility index (Phi) is 4.40. The molecule has 106 valence electrons. The topological polar surface area (TPSA) is 42.4 Å². The standard InChI is InChI=1S/C17H21NO2/c1-11(2)16-7-6-15(9-12(16)3)20-17-8-5-14(10-18-17)13(4)19/h5-11,13,19H,1-4H3. The van der Waals surface area contributed by atoms with Gasteiger partial charge in [-0.3, -0.25) is 0 Å². The maximum Gasteiger partial charge on any atom is 0.219 e. The zero-order chi connectivity index (χ0) is 14.7. The molecule has 0 aliphatic rings. The van der Waals surface area contributed by atoms with Crippen LogP contribution in [0.4, 0.5) is 0 Å². The lowest BCUT2D eigenvalue weighted by molar-refractivity contribution is 0.198. The third-order valence-corrected chi connectivity index (χ3v) is 3.33. The predicted octanol–water partition coefficient (Wildman–Crippen LogP) is 4.36. The van der Waals surface area contributed by atoms with Gasteiger partial charge in [0.2, 0.25) is 5.88 Å². The summed E-state index contributed by atoms with van der Waals surface area (Å²) >= 11 is 0. The maximum atomic E-state index is 9.44. The lowest BCUT2D eigenvalue weighted by Gasteiger charge is -2.12. The summed E-state index contributed by atoms with van der Waals surface area (Å²) in [5.74, 6) is 1.82. The Morgan fingerprint density at radius 2 is 1.85 bits per heavy atom. The van der Waals surface area contributed by atoms with E-state index >= 15 is 0 Å². The number of aliphatic hydroxyl groups is 1. The van der Waals surface area contributed by atoms with Crippen LogP contribution < -0.4 is 4.74 Å². The molecule has 0 amide bonds. The first-order valence-electron chi connectivity index (χ1n) is 6.90. The van der Waals surface area contributed by atoms with Gasteiger partial charge in [0.25, 0.3) is 0 Å². The van der Waals surface area contributed by atoms with Gasteiger partial charge in [0.05, 0.1) is 6.10 Å². The molecule has 20 heavy (non-hydrogen) atoms. The van der Waals surface area contributed by atoms with Crippen LogP contribution >= 0.6 is 0 Å². The Balaban J connectivity index is 2.15. The van der Waals surface area contributed by atoms with Gasteiger partial charge in [-0.2, -0.15) is 0 Å². The second kappa shape index (κ2) is 6.06. The van der Waals surface area contributed by atoms with Crippen molar-refractivity contribution in [2.75, 3.05) is 0 Å². The van der Waals surface area contributed by atoms with E-state index in [4.69, 9.17) is 4.74 Å². The highest BCUT2D eigenvalue weighted by molar-refractivity contribution is 5.38. The van der Waals surface area contributed by atoms with Gasteiger partial charge < -0.3 is 9.84 Å². The van der Waals surface area contributed by atoms with Gasteiger partial charge in [0.1, 0.15) is 5.75 Å². The molecule has 1 unspecified atom stereocenters. The molecular formula is C17H21NO2. The van der Waals surface area contributed by atoms with Crippen LogP contribution in [0.2, 0.25) is 0 Å². The van der Waals surface area contributed by atoms with Crippen molar-refractivity contribution >= 4 is 0 Å². The largest absolute Gasteiger partial charge is 0.439 e. The van der Waals surface area contributed by atoms with Crippen LogP contribution in [0.25, 0.3) is 0 Å². The van der Waals surface area contributed by atoms with E-state index < -0.39 is 6.10 Å². The average Bonchev–Trinajstić information content (AvgIpc) is 2.39. The van der Waals surface area contributed by atoms with Crippen LogP contribution in [0, 0.1) is 6.92 Å². The summed E-state index contributed by atoms with van der Waals surface area (Å²) in [5, 5.41) is 9.44. The summed E-state index contributed by atoms with van der Waals surface area (Å²) in [7, 11) is 0. The fourth-order valence-electron chi connectivity index (χ4n) is 2.18. The van der Waals surface area contributed by atoms with Gasteiger partial charge in [-0.15, -0.1) is 0 Å². The summed E-state index contributed by atoms with van der Waals surface area (Å²) in [4.78, 5) is 4.20. The van der Waals surface area contributed by atoms with Gasteiger partial charge in [0.15, 0.2) is 0 Å². The molecule has 0 fully saturated rings. The van der Waals surface area contributed by atoms with E-state index in [9.17, 15) is 5.11 Å². The van der Waals surface area contributed by atoms with Crippen molar-refractivity contribution in [3.05, 3.63) is 53.2 Å². The number of aliphatic hydroxyl groups excluding tert-OH is 1. The third kappa shape index (κ3) is 3.36. The Bertz CT molecular complexity index is 574. The molecule has 3 nitrogen and oxygen atoms in total. The summed E-state index contributed by atoms with van der Waals surface area (Å²) in [6.07, 6.45) is 1.12. The third-order valence-electron chi connectivity index (χ3n) is 3.33. The molecule has 1 aromatic carbocycles. The molecular weight excluding hydrogens is 250 g/mol. The van der Waals surface area contributed by atoms with E-state index in [1.807, 2.05) is 18.2 Å². The highest BCUT2D eigenvalue weighted by atomic mass is 16.5. The van der Waals surface area contributed by atoms with E-state index in [2.05, 4.69) is 31.8 Å². The first-order valence-corrected chi connectivity index (χ1v) is 6.90. The number of ether oxygens (including phenoxy) is 1. The second-order valence-electron chi connectivity index (χ2n) is 5.38. The number of hydrogen-bond donors (Lipinski definition) is 1. The summed E-state index contributed by atoms with van der Waals surface area (Å²) in [6, 6.07) is 9.68. The normalized spacial score (nSPS) is 12.5. The van der Waals surface area contributed by atoms with E-state index in [1.165, 1.54) is 11.1 Å². The van der Waals surface area contributed by atoms with Crippen LogP contribution in [0.15, 0.2) is 36.5 Å². The molecule has 2 rings (SSSR count). The van der Waals surface area contributed by atoms with Crippen LogP contribution in [0.1, 0.15) is 49.5 Å². The van der Waals surface area contributed by atoms with Crippen LogP contribution in [-0.2, 0) is 0 Å². The molecule has 1 aromatic heterocycles. The molecule has 2 aromatic rings. The molecule has 0 spiro atoms. The zero-order valence-electron chi connectivity index (χ0n) is 12.4. The van der Waals surface area contributed by atoms with Crippen molar-refractivity contribution in [2.24, 2.45) is 0 Å². The molecule has 3 heteroatoms. The zero-order valence-corrected chi connectivity index (χ0v) is 12.4. The number of pyridine rings is 1. The van der Waals surface area contributed by atoms with E-state index in [0.717, 1.165) is 11.3 Å². The minimum Gasteiger partial charge on any atom is -0.439 e. The molecule has 0 bridgehead atoms. The van der Waals surface area contributed by atoms with Crippen molar-refractivity contribution in [2.45, 2.75) is 39.7 Å². The van der Waals surface area contributed by atoms with Gasteiger partial charge in [-0.05, 0) is 54.7 Å².